The summed E-state index contributed by atoms with van der Waals surface area (Å²) in [5, 5.41) is 0.296. The summed E-state index contributed by atoms with van der Waals surface area (Å²) >= 11 is 6.18. The molecule has 2 atom stereocenters. The second-order valence-electron chi connectivity index (χ2n) is 8.16. The minimum Gasteiger partial charge on any atom is -0.492 e. The van der Waals surface area contributed by atoms with Crippen molar-refractivity contribution in [3.8, 4) is 5.75 Å². The quantitative estimate of drug-likeness (QED) is 0.585. The van der Waals surface area contributed by atoms with E-state index in [1.54, 1.807) is 4.90 Å². The number of nitrogens with two attached hydrogens (primary N) is 1. The Morgan fingerprint density at radius 1 is 1.31 bits per heavy atom. The van der Waals surface area contributed by atoms with Crippen LogP contribution in [0.4, 0.5) is 10.5 Å². The number of likely N-dealkylation sites (tertiary alicyclic amines) is 1. The summed E-state index contributed by atoms with van der Waals surface area (Å²) in [4.78, 5) is 26.7. The zero-order valence-electron chi connectivity index (χ0n) is 17.1. The van der Waals surface area contributed by atoms with Crippen LogP contribution in [0.2, 0.25) is 5.02 Å². The van der Waals surface area contributed by atoms with Crippen LogP contribution < -0.4 is 10.5 Å². The molecule has 0 bridgehead atoms. The zero-order chi connectivity index (χ0) is 21.3. The molecular weight excluding hydrogens is 400 g/mol. The maximum atomic E-state index is 12.8. The Bertz CT molecular complexity index is 807. The number of carbonyl (C=O) groups excluding carboxylic acids is 2. The lowest BCUT2D eigenvalue weighted by molar-refractivity contribution is -0.0747. The van der Waals surface area contributed by atoms with Crippen LogP contribution >= 0.6 is 11.6 Å². The number of rotatable bonds is 3. The molecule has 2 aliphatic rings. The average molecular weight is 427 g/mol. The number of hydrogen-bond acceptors (Lipinski definition) is 7. The van der Waals surface area contributed by atoms with Crippen molar-refractivity contribution in [3.05, 3.63) is 22.2 Å². The highest BCUT2D eigenvalue weighted by molar-refractivity contribution is 6.33. The number of halogens is 1. The summed E-state index contributed by atoms with van der Waals surface area (Å²) in [6, 6.07) is 1.47. The molecule has 0 aliphatic carbocycles. The maximum Gasteiger partial charge on any atom is 0.410 e. The molecule has 1 aromatic carbocycles. The van der Waals surface area contributed by atoms with E-state index in [2.05, 4.69) is 0 Å². The van der Waals surface area contributed by atoms with Crippen molar-refractivity contribution in [3.63, 3.8) is 0 Å². The first-order valence-corrected chi connectivity index (χ1v) is 9.94. The van der Waals surface area contributed by atoms with Gasteiger partial charge in [0.15, 0.2) is 0 Å². The van der Waals surface area contributed by atoms with Crippen molar-refractivity contribution in [2.24, 2.45) is 0 Å². The standard InChI is InChI=1S/C20H27ClN2O6/c1-20(2,3)29-19(25)23-7-5-14(15(10-23)26-4)28-18(24)12-9-13(21)16(22)11-6-8-27-17(11)12/h9,14-15H,5-8,10,22H2,1-4H3/t14-,15+/m0/s1. The van der Waals surface area contributed by atoms with E-state index in [4.69, 9.17) is 36.3 Å². The van der Waals surface area contributed by atoms with Crippen molar-refractivity contribution in [2.45, 2.75) is 51.4 Å². The fourth-order valence-electron chi connectivity index (χ4n) is 3.47. The number of fused-ring (bicyclic) bond motifs is 1. The molecule has 0 unspecified atom stereocenters. The van der Waals surface area contributed by atoms with Crippen molar-refractivity contribution in [1.82, 2.24) is 4.90 Å². The lowest BCUT2D eigenvalue weighted by Gasteiger charge is -2.37. The zero-order valence-corrected chi connectivity index (χ0v) is 17.9. The average Bonchev–Trinajstić information content (AvgIpc) is 3.13. The molecule has 8 nitrogen and oxygen atoms in total. The molecule has 9 heteroatoms. The van der Waals surface area contributed by atoms with Crippen molar-refractivity contribution < 1.29 is 28.5 Å². The second-order valence-corrected chi connectivity index (χ2v) is 8.57. The molecule has 1 fully saturated rings. The van der Waals surface area contributed by atoms with Gasteiger partial charge in [-0.3, -0.25) is 0 Å². The summed E-state index contributed by atoms with van der Waals surface area (Å²) in [5.41, 5.74) is 6.81. The van der Waals surface area contributed by atoms with Gasteiger partial charge < -0.3 is 29.6 Å². The first-order chi connectivity index (χ1) is 13.6. The number of methoxy groups -OCH3 is 1. The smallest absolute Gasteiger partial charge is 0.410 e. The van der Waals surface area contributed by atoms with Gasteiger partial charge in [0.1, 0.15) is 29.1 Å². The van der Waals surface area contributed by atoms with E-state index >= 15 is 0 Å². The minimum atomic E-state index is -0.586. The third kappa shape index (κ3) is 4.70. The number of amides is 1. The molecule has 1 saturated heterocycles. The summed E-state index contributed by atoms with van der Waals surface area (Å²) in [7, 11) is 1.52. The van der Waals surface area contributed by atoms with Crippen molar-refractivity contribution in [1.29, 1.82) is 0 Å². The van der Waals surface area contributed by atoms with E-state index in [0.29, 0.717) is 42.5 Å². The Morgan fingerprint density at radius 3 is 2.69 bits per heavy atom. The van der Waals surface area contributed by atoms with Crippen LogP contribution in [-0.2, 0) is 20.6 Å². The fourth-order valence-corrected chi connectivity index (χ4v) is 3.69. The van der Waals surface area contributed by atoms with Crippen LogP contribution in [0, 0.1) is 0 Å². The minimum absolute atomic E-state index is 0.251. The van der Waals surface area contributed by atoms with Crippen LogP contribution in [0.25, 0.3) is 0 Å². The van der Waals surface area contributed by atoms with Gasteiger partial charge in [-0.05, 0) is 26.8 Å². The second kappa shape index (κ2) is 8.28. The van der Waals surface area contributed by atoms with E-state index in [1.165, 1.54) is 13.2 Å². The van der Waals surface area contributed by atoms with Crippen LogP contribution in [0.1, 0.15) is 43.1 Å². The third-order valence-electron chi connectivity index (χ3n) is 4.90. The summed E-state index contributed by atoms with van der Waals surface area (Å²) < 4.78 is 22.2. The van der Waals surface area contributed by atoms with E-state index < -0.39 is 29.9 Å². The van der Waals surface area contributed by atoms with Crippen LogP contribution in [-0.4, -0.2) is 61.6 Å². The highest BCUT2D eigenvalue weighted by Crippen LogP contribution is 2.39. The lowest BCUT2D eigenvalue weighted by atomic mass is 10.0. The number of esters is 1. The molecule has 2 aliphatic heterocycles. The normalized spacial score (nSPS) is 21.3. The number of anilines is 1. The van der Waals surface area contributed by atoms with Crippen LogP contribution in [0.15, 0.2) is 6.07 Å². The molecule has 1 amide bonds. The van der Waals surface area contributed by atoms with Crippen LogP contribution in [0.3, 0.4) is 0 Å². The molecular formula is C20H27ClN2O6. The molecule has 2 heterocycles. The van der Waals surface area contributed by atoms with Crippen LogP contribution in [0.5, 0.6) is 5.75 Å². The molecule has 0 aromatic heterocycles. The fraction of sp³-hybridized carbons (Fsp3) is 0.600. The number of nitrogens with zero attached hydrogens (tertiary/aromatic N) is 1. The molecule has 160 valence electrons. The molecule has 29 heavy (non-hydrogen) atoms. The predicted octanol–water partition coefficient (Wildman–Crippen LogP) is 3.04. The molecule has 3 rings (SSSR count). The maximum absolute atomic E-state index is 12.8. The highest BCUT2D eigenvalue weighted by Gasteiger charge is 2.37. The van der Waals surface area contributed by atoms with Gasteiger partial charge in [0.2, 0.25) is 0 Å². The topological polar surface area (TPSA) is 100 Å². The molecule has 0 spiro atoms. The SMILES string of the molecule is CO[C@@H]1CN(C(=O)OC(C)(C)C)CC[C@@H]1OC(=O)c1cc(Cl)c(N)c2c1OCC2. The Labute approximate surface area is 175 Å². The number of piperidine rings is 1. The Hall–Kier alpha value is -2.19. The monoisotopic (exact) mass is 426 g/mol. The van der Waals surface area contributed by atoms with E-state index in [0.717, 1.165) is 5.56 Å². The van der Waals surface area contributed by atoms with Crippen molar-refractivity contribution in [2.75, 3.05) is 32.5 Å². The number of nitrogen functional groups attached to an aromatic ring is 1. The van der Waals surface area contributed by atoms with Gasteiger partial charge in [-0.25, -0.2) is 9.59 Å². The largest absolute Gasteiger partial charge is 0.492 e. The number of benzene rings is 1. The lowest BCUT2D eigenvalue weighted by Crippen LogP contribution is -2.52. The number of hydrogen-bond donors (Lipinski definition) is 1. The van der Waals surface area contributed by atoms with E-state index in [9.17, 15) is 9.59 Å². The van der Waals surface area contributed by atoms with Gasteiger partial charge in [0.05, 0.1) is 23.9 Å². The van der Waals surface area contributed by atoms with Crippen molar-refractivity contribution >= 4 is 29.4 Å². The molecule has 0 saturated carbocycles. The first kappa shape index (κ1) is 21.5. The van der Waals surface area contributed by atoms with E-state index in [1.807, 2.05) is 20.8 Å². The highest BCUT2D eigenvalue weighted by atomic mass is 35.5. The van der Waals surface area contributed by atoms with E-state index in [-0.39, 0.29) is 12.1 Å². The first-order valence-electron chi connectivity index (χ1n) is 9.56. The Morgan fingerprint density at radius 2 is 2.03 bits per heavy atom. The Balaban J connectivity index is 1.70. The summed E-state index contributed by atoms with van der Waals surface area (Å²) in [6.07, 6.45) is -0.384. The van der Waals surface area contributed by atoms with Gasteiger partial charge in [-0.2, -0.15) is 0 Å². The summed E-state index contributed by atoms with van der Waals surface area (Å²) in [5.74, 6) is -0.125. The molecule has 0 radical (unpaired) electrons. The van der Waals surface area contributed by atoms with Gasteiger partial charge in [-0.1, -0.05) is 11.6 Å². The summed E-state index contributed by atoms with van der Waals surface area (Å²) in [6.45, 7) is 6.53. The third-order valence-corrected chi connectivity index (χ3v) is 5.21. The van der Waals surface area contributed by atoms with Gasteiger partial charge >= 0.3 is 12.1 Å². The van der Waals surface area contributed by atoms with Gasteiger partial charge in [0, 0.05) is 32.1 Å². The van der Waals surface area contributed by atoms with Gasteiger partial charge in [0.25, 0.3) is 0 Å². The van der Waals surface area contributed by atoms with Gasteiger partial charge in [-0.15, -0.1) is 0 Å². The molecule has 2 N–H and O–H groups in total. The Kier molecular flexibility index (Phi) is 6.14. The number of carbonyl (C=O) groups is 2. The predicted molar refractivity (Wildman–Crippen MR) is 107 cm³/mol. The number of ether oxygens (including phenoxy) is 4. The molecule has 1 aromatic rings.